The highest BCUT2D eigenvalue weighted by Crippen LogP contribution is 2.29. The van der Waals surface area contributed by atoms with Gasteiger partial charge in [0.05, 0.1) is 6.61 Å². The van der Waals surface area contributed by atoms with Gasteiger partial charge in [0.15, 0.2) is 0 Å². The normalized spacial score (nSPS) is 23.1. The molecule has 1 unspecified atom stereocenters. The highest BCUT2D eigenvalue weighted by atomic mass is 16.5. The second kappa shape index (κ2) is 6.58. The Hall–Kier alpha value is -1.30. The number of carbonyl (C=O) groups is 2. The monoisotopic (exact) mass is 258 g/mol. The molecule has 0 aromatic rings. The van der Waals surface area contributed by atoms with Crippen LogP contribution in [-0.4, -0.2) is 55.4 Å². The van der Waals surface area contributed by atoms with Crippen LogP contribution in [0.4, 0.5) is 4.79 Å². The van der Waals surface area contributed by atoms with Crippen LogP contribution < -0.4 is 5.32 Å². The van der Waals surface area contributed by atoms with E-state index in [1.54, 1.807) is 12.0 Å². The molecule has 1 rings (SSSR count). The van der Waals surface area contributed by atoms with E-state index >= 15 is 0 Å². The number of rotatable bonds is 6. The van der Waals surface area contributed by atoms with E-state index in [0.29, 0.717) is 26.1 Å². The first-order valence-corrected chi connectivity index (χ1v) is 6.20. The molecule has 6 heteroatoms. The Kier molecular flexibility index (Phi) is 5.40. The van der Waals surface area contributed by atoms with Gasteiger partial charge in [-0.3, -0.25) is 4.79 Å². The molecule has 1 heterocycles. The van der Waals surface area contributed by atoms with E-state index in [9.17, 15) is 9.59 Å². The molecule has 2 N–H and O–H groups in total. The summed E-state index contributed by atoms with van der Waals surface area (Å²) in [5.41, 5.74) is 0.0349. The van der Waals surface area contributed by atoms with Crippen molar-refractivity contribution in [2.45, 2.75) is 26.2 Å². The molecule has 1 saturated heterocycles. The van der Waals surface area contributed by atoms with Crippen LogP contribution in [-0.2, 0) is 9.53 Å². The van der Waals surface area contributed by atoms with Gasteiger partial charge in [0.25, 0.3) is 0 Å². The molecule has 0 aliphatic carbocycles. The van der Waals surface area contributed by atoms with E-state index in [1.165, 1.54) is 0 Å². The van der Waals surface area contributed by atoms with Gasteiger partial charge in [0.1, 0.15) is 0 Å². The number of ether oxygens (including phenoxy) is 1. The fraction of sp³-hybridized carbons (Fsp3) is 0.833. The number of carboxylic acids is 1. The van der Waals surface area contributed by atoms with Crippen molar-refractivity contribution in [3.63, 3.8) is 0 Å². The molecule has 0 spiro atoms. The largest absolute Gasteiger partial charge is 0.481 e. The quantitative estimate of drug-likeness (QED) is 0.694. The lowest BCUT2D eigenvalue weighted by Gasteiger charge is -2.23. The summed E-state index contributed by atoms with van der Waals surface area (Å²) in [5, 5.41) is 11.2. The van der Waals surface area contributed by atoms with E-state index in [0.717, 1.165) is 13.0 Å². The number of hydrogen-bond acceptors (Lipinski definition) is 3. The van der Waals surface area contributed by atoms with Crippen molar-refractivity contribution in [3.8, 4) is 0 Å². The summed E-state index contributed by atoms with van der Waals surface area (Å²) in [6.45, 7) is 4.57. The molecule has 0 bridgehead atoms. The number of hydrogen-bond donors (Lipinski definition) is 2. The third-order valence-electron chi connectivity index (χ3n) is 3.18. The predicted molar refractivity (Wildman–Crippen MR) is 66.4 cm³/mol. The summed E-state index contributed by atoms with van der Waals surface area (Å²) in [7, 11) is 1.67. The van der Waals surface area contributed by atoms with Crippen LogP contribution >= 0.6 is 0 Å². The van der Waals surface area contributed by atoms with E-state index in [2.05, 4.69) is 12.2 Å². The maximum Gasteiger partial charge on any atom is 0.317 e. The molecule has 0 aromatic heterocycles. The Morgan fingerprint density at radius 3 is 2.83 bits per heavy atom. The summed E-state index contributed by atoms with van der Waals surface area (Å²) < 4.78 is 5.16. The zero-order chi connectivity index (χ0) is 13.6. The molecule has 1 atom stereocenters. The summed E-state index contributed by atoms with van der Waals surface area (Å²) in [5.74, 6) is -0.835. The van der Waals surface area contributed by atoms with Crippen LogP contribution in [0.25, 0.3) is 0 Å². The van der Waals surface area contributed by atoms with Crippen molar-refractivity contribution in [2.24, 2.45) is 5.41 Å². The van der Waals surface area contributed by atoms with Crippen molar-refractivity contribution in [1.29, 1.82) is 0 Å². The van der Waals surface area contributed by atoms with Gasteiger partial charge in [0.2, 0.25) is 0 Å². The van der Waals surface area contributed by atoms with Crippen LogP contribution in [0.1, 0.15) is 26.2 Å². The fourth-order valence-corrected chi connectivity index (χ4v) is 2.21. The summed E-state index contributed by atoms with van der Waals surface area (Å²) in [6, 6.07) is -0.111. The first kappa shape index (κ1) is 14.8. The summed E-state index contributed by atoms with van der Waals surface area (Å²) in [4.78, 5) is 23.9. The molecule has 0 radical (unpaired) electrons. The smallest absolute Gasteiger partial charge is 0.317 e. The second-order valence-electron chi connectivity index (χ2n) is 5.14. The van der Waals surface area contributed by atoms with Crippen molar-refractivity contribution < 1.29 is 19.4 Å². The maximum atomic E-state index is 11.8. The lowest BCUT2D eigenvalue weighted by atomic mass is 9.91. The summed E-state index contributed by atoms with van der Waals surface area (Å²) >= 11 is 0. The molecule has 0 saturated carbocycles. The fourth-order valence-electron chi connectivity index (χ4n) is 2.21. The third-order valence-corrected chi connectivity index (χ3v) is 3.18. The minimum Gasteiger partial charge on any atom is -0.481 e. The van der Waals surface area contributed by atoms with Gasteiger partial charge < -0.3 is 20.1 Å². The lowest BCUT2D eigenvalue weighted by molar-refractivity contribution is -0.137. The Bertz CT molecular complexity index is 308. The van der Waals surface area contributed by atoms with E-state index in [4.69, 9.17) is 9.84 Å². The van der Waals surface area contributed by atoms with Gasteiger partial charge in [-0.05, 0) is 12.8 Å². The van der Waals surface area contributed by atoms with E-state index < -0.39 is 5.97 Å². The van der Waals surface area contributed by atoms with Crippen molar-refractivity contribution in [2.75, 3.05) is 33.4 Å². The molecule has 2 amide bonds. The molecule has 1 aliphatic rings. The minimum atomic E-state index is -0.835. The first-order valence-electron chi connectivity index (χ1n) is 6.20. The lowest BCUT2D eigenvalue weighted by Crippen LogP contribution is -2.40. The molecule has 104 valence electrons. The zero-order valence-electron chi connectivity index (χ0n) is 11.1. The van der Waals surface area contributed by atoms with Gasteiger partial charge in [-0.1, -0.05) is 6.92 Å². The number of likely N-dealkylation sites (tertiary alicyclic amines) is 1. The van der Waals surface area contributed by atoms with Gasteiger partial charge >= 0.3 is 12.0 Å². The minimum absolute atomic E-state index is 0.0349. The molecular formula is C12H22N2O4. The summed E-state index contributed by atoms with van der Waals surface area (Å²) in [6.07, 6.45) is 1.48. The average Bonchev–Trinajstić information content (AvgIpc) is 2.67. The van der Waals surface area contributed by atoms with Gasteiger partial charge in [-0.2, -0.15) is 0 Å². The van der Waals surface area contributed by atoms with Gasteiger partial charge in [-0.15, -0.1) is 0 Å². The number of nitrogens with one attached hydrogen (secondary N) is 1. The Morgan fingerprint density at radius 2 is 2.22 bits per heavy atom. The van der Waals surface area contributed by atoms with Crippen molar-refractivity contribution in [1.82, 2.24) is 10.2 Å². The van der Waals surface area contributed by atoms with Crippen LogP contribution in [0.2, 0.25) is 0 Å². The predicted octanol–water partition coefficient (Wildman–Crippen LogP) is 0.919. The topological polar surface area (TPSA) is 78.9 Å². The second-order valence-corrected chi connectivity index (χ2v) is 5.14. The standard InChI is InChI=1S/C12H22N2O4/c1-12(9-18-2)5-7-14(8-12)11(17)13-6-3-4-10(15)16/h3-9H2,1-2H3,(H,13,17)(H,15,16). The average molecular weight is 258 g/mol. The van der Waals surface area contributed by atoms with Crippen LogP contribution in [0, 0.1) is 5.41 Å². The van der Waals surface area contributed by atoms with Gasteiger partial charge in [-0.25, -0.2) is 4.79 Å². The number of amides is 2. The highest BCUT2D eigenvalue weighted by Gasteiger charge is 2.35. The number of aliphatic carboxylic acids is 1. The molecular weight excluding hydrogens is 236 g/mol. The molecule has 18 heavy (non-hydrogen) atoms. The molecule has 1 aliphatic heterocycles. The number of carboxylic acid groups (broad SMARTS) is 1. The van der Waals surface area contributed by atoms with E-state index in [-0.39, 0.29) is 17.9 Å². The number of nitrogens with zero attached hydrogens (tertiary/aromatic N) is 1. The Balaban J connectivity index is 2.25. The molecule has 0 aromatic carbocycles. The number of methoxy groups -OCH3 is 1. The highest BCUT2D eigenvalue weighted by molar-refractivity contribution is 5.74. The SMILES string of the molecule is COCC1(C)CCN(C(=O)NCCCC(=O)O)C1. The van der Waals surface area contributed by atoms with Crippen molar-refractivity contribution in [3.05, 3.63) is 0 Å². The van der Waals surface area contributed by atoms with E-state index in [1.807, 2.05) is 0 Å². The zero-order valence-corrected chi connectivity index (χ0v) is 11.1. The molecule has 1 fully saturated rings. The Morgan fingerprint density at radius 1 is 1.50 bits per heavy atom. The Labute approximate surface area is 107 Å². The van der Waals surface area contributed by atoms with Crippen LogP contribution in [0.5, 0.6) is 0 Å². The molecule has 6 nitrogen and oxygen atoms in total. The number of carbonyl (C=O) groups excluding carboxylic acids is 1. The number of urea groups is 1. The first-order chi connectivity index (χ1) is 8.47. The van der Waals surface area contributed by atoms with Crippen LogP contribution in [0.3, 0.4) is 0 Å². The maximum absolute atomic E-state index is 11.8. The van der Waals surface area contributed by atoms with Gasteiger partial charge in [0, 0.05) is 38.6 Å². The van der Waals surface area contributed by atoms with Crippen molar-refractivity contribution >= 4 is 12.0 Å². The van der Waals surface area contributed by atoms with Crippen LogP contribution in [0.15, 0.2) is 0 Å². The third kappa shape index (κ3) is 4.52.